The van der Waals surface area contributed by atoms with E-state index >= 15 is 0 Å². The van der Waals surface area contributed by atoms with Crippen molar-refractivity contribution in [3.8, 4) is 10.4 Å². The SMILES string of the molecule is C[C@H]1CCCN1C(=O)c1nc(C(=O)NC2COC[C@@H]2O)sc1-c1cnc(NC(C)(C)C)cc1C(F)F. The largest absolute Gasteiger partial charge is 0.388 e. The molecule has 3 N–H and O–H groups in total. The maximum absolute atomic E-state index is 14.2. The Bertz CT molecular complexity index is 1140. The molecule has 0 aromatic carbocycles. The van der Waals surface area contributed by atoms with Crippen LogP contribution in [0.4, 0.5) is 14.6 Å². The number of hydrogen-bond donors (Lipinski definition) is 3. The fraction of sp³-hybridized carbons (Fsp3) is 0.583. The highest BCUT2D eigenvalue weighted by molar-refractivity contribution is 7.17. The van der Waals surface area contributed by atoms with Crippen LogP contribution in [0.1, 0.15) is 72.8 Å². The quantitative estimate of drug-likeness (QED) is 0.531. The number of aliphatic hydroxyl groups is 1. The summed E-state index contributed by atoms with van der Waals surface area (Å²) in [5.74, 6) is -0.742. The number of nitrogens with zero attached hydrogens (tertiary/aromatic N) is 3. The Balaban J connectivity index is 1.76. The van der Waals surface area contributed by atoms with Crippen molar-refractivity contribution in [2.45, 2.75) is 70.7 Å². The molecule has 3 atom stereocenters. The number of amides is 2. The highest BCUT2D eigenvalue weighted by atomic mass is 32.1. The van der Waals surface area contributed by atoms with Gasteiger partial charge in [-0.05, 0) is 46.6 Å². The van der Waals surface area contributed by atoms with Crippen LogP contribution in [0.25, 0.3) is 10.4 Å². The van der Waals surface area contributed by atoms with Gasteiger partial charge in [0, 0.05) is 35.4 Å². The van der Waals surface area contributed by atoms with E-state index in [4.69, 9.17) is 4.74 Å². The average molecular weight is 524 g/mol. The van der Waals surface area contributed by atoms with E-state index in [2.05, 4.69) is 20.6 Å². The highest BCUT2D eigenvalue weighted by Crippen LogP contribution is 2.39. The predicted molar refractivity (Wildman–Crippen MR) is 131 cm³/mol. The molecule has 0 aliphatic carbocycles. The smallest absolute Gasteiger partial charge is 0.280 e. The van der Waals surface area contributed by atoms with Gasteiger partial charge in [0.2, 0.25) is 0 Å². The molecule has 36 heavy (non-hydrogen) atoms. The molecule has 2 aromatic heterocycles. The molecule has 2 saturated heterocycles. The molecule has 4 rings (SSSR count). The molecule has 1 unspecified atom stereocenters. The first-order chi connectivity index (χ1) is 16.9. The number of thiazole rings is 1. The zero-order chi connectivity index (χ0) is 26.2. The van der Waals surface area contributed by atoms with Crippen LogP contribution in [0.5, 0.6) is 0 Å². The Kier molecular flexibility index (Phi) is 7.58. The fourth-order valence-electron chi connectivity index (χ4n) is 4.32. The lowest BCUT2D eigenvalue weighted by Gasteiger charge is -2.23. The number of carbonyl (C=O) groups is 2. The van der Waals surface area contributed by atoms with Crippen LogP contribution < -0.4 is 10.6 Å². The Morgan fingerprint density at radius 3 is 2.64 bits per heavy atom. The van der Waals surface area contributed by atoms with Gasteiger partial charge in [-0.2, -0.15) is 0 Å². The van der Waals surface area contributed by atoms with Crippen LogP contribution in [0.3, 0.4) is 0 Å². The standard InChI is InChI=1S/C24H31F2N5O4S/c1-12-6-5-7-31(12)23(34)18-19(36-22(29-18)21(33)28-15-10-35-11-16(15)32)14-9-27-17(30-24(2,3)4)8-13(14)20(25)26/h8-9,12,15-16,20,32H,5-7,10-11H2,1-4H3,(H,27,30)(H,28,33)/t12-,15?,16-/m0/s1. The van der Waals surface area contributed by atoms with E-state index in [9.17, 15) is 23.5 Å². The monoisotopic (exact) mass is 523 g/mol. The lowest BCUT2D eigenvalue weighted by molar-refractivity contribution is 0.0742. The van der Waals surface area contributed by atoms with Gasteiger partial charge in [0.15, 0.2) is 5.01 Å². The number of anilines is 1. The molecule has 196 valence electrons. The third-order valence-corrected chi connectivity index (χ3v) is 7.21. The number of pyridine rings is 1. The van der Waals surface area contributed by atoms with E-state index in [-0.39, 0.29) is 51.8 Å². The summed E-state index contributed by atoms with van der Waals surface area (Å²) < 4.78 is 33.6. The summed E-state index contributed by atoms with van der Waals surface area (Å²) >= 11 is 0.857. The topological polar surface area (TPSA) is 117 Å². The Hall–Kier alpha value is -2.70. The van der Waals surface area contributed by atoms with Crippen molar-refractivity contribution >= 4 is 29.0 Å². The van der Waals surface area contributed by atoms with Crippen LogP contribution in [-0.2, 0) is 4.74 Å². The van der Waals surface area contributed by atoms with Crippen molar-refractivity contribution < 1.29 is 28.2 Å². The first-order valence-electron chi connectivity index (χ1n) is 11.9. The molecule has 0 saturated carbocycles. The maximum atomic E-state index is 14.2. The van der Waals surface area contributed by atoms with Gasteiger partial charge in [-0.3, -0.25) is 9.59 Å². The number of likely N-dealkylation sites (tertiary alicyclic amines) is 1. The summed E-state index contributed by atoms with van der Waals surface area (Å²) in [7, 11) is 0. The van der Waals surface area contributed by atoms with Crippen LogP contribution in [0.2, 0.25) is 0 Å². The second-order valence-electron chi connectivity index (χ2n) is 10.2. The molecule has 2 aliphatic heterocycles. The summed E-state index contributed by atoms with van der Waals surface area (Å²) in [5, 5.41) is 15.7. The Morgan fingerprint density at radius 1 is 1.31 bits per heavy atom. The zero-order valence-electron chi connectivity index (χ0n) is 20.7. The van der Waals surface area contributed by atoms with Crippen LogP contribution in [0, 0.1) is 0 Å². The molecule has 12 heteroatoms. The second-order valence-corrected chi connectivity index (χ2v) is 11.2. The van der Waals surface area contributed by atoms with Gasteiger partial charge in [0.1, 0.15) is 11.5 Å². The van der Waals surface area contributed by atoms with Crippen LogP contribution in [-0.4, -0.2) is 75.3 Å². The van der Waals surface area contributed by atoms with Gasteiger partial charge in [-0.25, -0.2) is 18.7 Å². The number of alkyl halides is 2. The molecule has 0 spiro atoms. The first kappa shape index (κ1) is 26.4. The van der Waals surface area contributed by atoms with Gasteiger partial charge >= 0.3 is 0 Å². The third-order valence-electron chi connectivity index (χ3n) is 6.12. The van der Waals surface area contributed by atoms with Crippen LogP contribution in [0.15, 0.2) is 12.3 Å². The van der Waals surface area contributed by atoms with E-state index in [1.165, 1.54) is 12.3 Å². The predicted octanol–water partition coefficient (Wildman–Crippen LogP) is 3.47. The number of carbonyl (C=O) groups excluding carboxylic acids is 2. The number of rotatable bonds is 6. The van der Waals surface area contributed by atoms with E-state index in [0.29, 0.717) is 6.54 Å². The minimum Gasteiger partial charge on any atom is -0.388 e. The van der Waals surface area contributed by atoms with Gasteiger partial charge in [0.25, 0.3) is 18.2 Å². The second kappa shape index (κ2) is 10.3. The molecular formula is C24H31F2N5O4S. The number of hydrogen-bond acceptors (Lipinski definition) is 8. The molecule has 9 nitrogen and oxygen atoms in total. The van der Waals surface area contributed by atoms with Crippen molar-refractivity contribution in [1.29, 1.82) is 0 Å². The maximum Gasteiger partial charge on any atom is 0.280 e. The number of aliphatic hydroxyl groups excluding tert-OH is 1. The minimum absolute atomic E-state index is 0.0267. The Morgan fingerprint density at radius 2 is 2.06 bits per heavy atom. The van der Waals surface area contributed by atoms with Crippen molar-refractivity contribution in [2.24, 2.45) is 0 Å². The molecular weight excluding hydrogens is 492 g/mol. The number of halogens is 2. The van der Waals surface area contributed by atoms with Crippen molar-refractivity contribution in [1.82, 2.24) is 20.2 Å². The van der Waals surface area contributed by atoms with Gasteiger partial charge < -0.3 is 25.4 Å². The molecule has 2 aromatic rings. The molecule has 0 bridgehead atoms. The van der Waals surface area contributed by atoms with Gasteiger partial charge in [0.05, 0.1) is 30.2 Å². The summed E-state index contributed by atoms with van der Waals surface area (Å²) in [6.45, 7) is 8.35. The molecule has 4 heterocycles. The summed E-state index contributed by atoms with van der Waals surface area (Å²) in [4.78, 5) is 36.9. The molecule has 2 aliphatic rings. The van der Waals surface area contributed by atoms with Crippen LogP contribution >= 0.6 is 11.3 Å². The molecule has 2 amide bonds. The van der Waals surface area contributed by atoms with Crippen molar-refractivity contribution in [3.63, 3.8) is 0 Å². The minimum atomic E-state index is -2.85. The van der Waals surface area contributed by atoms with E-state index < -0.39 is 35.9 Å². The Labute approximate surface area is 212 Å². The summed E-state index contributed by atoms with van der Waals surface area (Å²) in [6, 6.07) is 0.619. The lowest BCUT2D eigenvalue weighted by Crippen LogP contribution is -2.42. The van der Waals surface area contributed by atoms with Gasteiger partial charge in [-0.15, -0.1) is 11.3 Å². The highest BCUT2D eigenvalue weighted by Gasteiger charge is 2.34. The molecule has 0 radical (unpaired) electrons. The van der Waals surface area contributed by atoms with E-state index in [1.54, 1.807) is 4.90 Å². The van der Waals surface area contributed by atoms with E-state index in [1.807, 2.05) is 27.7 Å². The lowest BCUT2D eigenvalue weighted by atomic mass is 10.1. The molecule has 2 fully saturated rings. The summed E-state index contributed by atoms with van der Waals surface area (Å²) in [5.41, 5.74) is -0.705. The third kappa shape index (κ3) is 5.65. The van der Waals surface area contributed by atoms with Crippen molar-refractivity contribution in [3.05, 3.63) is 28.5 Å². The number of nitrogens with one attached hydrogen (secondary N) is 2. The van der Waals surface area contributed by atoms with E-state index in [0.717, 1.165) is 24.2 Å². The number of ether oxygens (including phenoxy) is 1. The fourth-order valence-corrected chi connectivity index (χ4v) is 5.31. The number of aromatic nitrogens is 2. The van der Waals surface area contributed by atoms with Crippen molar-refractivity contribution in [2.75, 3.05) is 25.1 Å². The van der Waals surface area contributed by atoms with Gasteiger partial charge in [-0.1, -0.05) is 0 Å². The average Bonchev–Trinajstić information content (AvgIpc) is 3.52. The first-order valence-corrected chi connectivity index (χ1v) is 12.7. The zero-order valence-corrected chi connectivity index (χ0v) is 21.5. The normalized spacial score (nSPS) is 22.3. The summed E-state index contributed by atoms with van der Waals surface area (Å²) in [6.07, 6.45) is -0.755.